The van der Waals surface area contributed by atoms with Gasteiger partial charge in [-0.15, -0.1) is 24.0 Å². The first-order valence-electron chi connectivity index (χ1n) is 8.06. The number of halogens is 4. The largest absolute Gasteiger partial charge is 0.489 e. The molecule has 0 unspecified atom stereocenters. The molecule has 0 fully saturated rings. The van der Waals surface area contributed by atoms with Crippen LogP contribution in [0.15, 0.2) is 21.6 Å². The van der Waals surface area contributed by atoms with E-state index in [-0.39, 0.29) is 24.0 Å². The summed E-state index contributed by atoms with van der Waals surface area (Å²) >= 11 is 18.0. The summed E-state index contributed by atoms with van der Waals surface area (Å²) in [6, 6.07) is 3.18. The average Bonchev–Trinajstić information content (AvgIpc) is 2.90. The first kappa shape index (κ1) is 24.1. The van der Waals surface area contributed by atoms with E-state index in [1.807, 2.05) is 13.8 Å². The van der Waals surface area contributed by atoms with Crippen LogP contribution in [0.2, 0.25) is 15.1 Å². The minimum absolute atomic E-state index is 0. The summed E-state index contributed by atoms with van der Waals surface area (Å²) in [6.45, 7) is 5.44. The molecule has 0 amide bonds. The minimum atomic E-state index is 0. The zero-order chi connectivity index (χ0) is 19.1. The van der Waals surface area contributed by atoms with Gasteiger partial charge in [0.2, 0.25) is 0 Å². The Labute approximate surface area is 191 Å². The van der Waals surface area contributed by atoms with E-state index in [1.165, 1.54) is 0 Å². The molecule has 0 aliphatic rings. The number of guanidine groups is 1. The zero-order valence-corrected chi connectivity index (χ0v) is 19.8. The van der Waals surface area contributed by atoms with E-state index in [2.05, 4.69) is 20.8 Å². The highest BCUT2D eigenvalue weighted by molar-refractivity contribution is 14.0. The lowest BCUT2D eigenvalue weighted by molar-refractivity contribution is 0.322. The Balaban J connectivity index is 0.00000364. The zero-order valence-electron chi connectivity index (χ0n) is 15.2. The van der Waals surface area contributed by atoms with Crippen molar-refractivity contribution in [2.75, 3.05) is 26.7 Å². The van der Waals surface area contributed by atoms with Gasteiger partial charge in [-0.1, -0.05) is 40.0 Å². The number of aromatic nitrogens is 1. The van der Waals surface area contributed by atoms with Crippen LogP contribution in [-0.2, 0) is 6.42 Å². The van der Waals surface area contributed by atoms with Gasteiger partial charge in [-0.2, -0.15) is 0 Å². The molecule has 6 nitrogen and oxygen atoms in total. The molecule has 150 valence electrons. The molecule has 0 saturated carbocycles. The fraction of sp³-hybridized carbons (Fsp3) is 0.412. The van der Waals surface area contributed by atoms with Gasteiger partial charge in [-0.05, 0) is 32.4 Å². The van der Waals surface area contributed by atoms with Crippen molar-refractivity contribution in [2.45, 2.75) is 20.3 Å². The Morgan fingerprint density at radius 2 is 1.78 bits per heavy atom. The first-order valence-corrected chi connectivity index (χ1v) is 9.19. The van der Waals surface area contributed by atoms with Crippen molar-refractivity contribution in [1.29, 1.82) is 0 Å². The summed E-state index contributed by atoms with van der Waals surface area (Å²) in [5, 5.41) is 11.6. The van der Waals surface area contributed by atoms with Gasteiger partial charge in [0.05, 0.1) is 22.3 Å². The van der Waals surface area contributed by atoms with E-state index in [1.54, 1.807) is 19.2 Å². The highest BCUT2D eigenvalue weighted by Crippen LogP contribution is 2.35. The van der Waals surface area contributed by atoms with Gasteiger partial charge < -0.3 is 19.9 Å². The maximum absolute atomic E-state index is 6.08. The van der Waals surface area contributed by atoms with Gasteiger partial charge in [-0.25, -0.2) is 0 Å². The van der Waals surface area contributed by atoms with Crippen LogP contribution in [0.3, 0.4) is 0 Å². The van der Waals surface area contributed by atoms with Crippen molar-refractivity contribution in [2.24, 2.45) is 4.99 Å². The van der Waals surface area contributed by atoms with Gasteiger partial charge in [0.15, 0.2) is 11.7 Å². The number of nitrogens with one attached hydrogen (secondary N) is 2. The Kier molecular flexibility index (Phi) is 10.6. The summed E-state index contributed by atoms with van der Waals surface area (Å²) < 4.78 is 10.8. The van der Waals surface area contributed by atoms with E-state index in [0.717, 1.165) is 23.4 Å². The molecule has 0 bridgehead atoms. The summed E-state index contributed by atoms with van der Waals surface area (Å²) in [7, 11) is 1.71. The fourth-order valence-electron chi connectivity index (χ4n) is 2.37. The Hall–Kier alpha value is -0.900. The van der Waals surface area contributed by atoms with E-state index in [0.29, 0.717) is 46.5 Å². The molecular formula is C17H22Cl3IN4O2. The SMILES string of the molecule is CN=C(NCCOc1c(Cl)cc(Cl)cc1Cl)NCCc1c(C)noc1C.I. The second kappa shape index (κ2) is 11.8. The van der Waals surface area contributed by atoms with Gasteiger partial charge in [0.25, 0.3) is 0 Å². The highest BCUT2D eigenvalue weighted by atomic mass is 127. The molecule has 10 heteroatoms. The van der Waals surface area contributed by atoms with Crippen molar-refractivity contribution in [3.8, 4) is 5.75 Å². The average molecular weight is 548 g/mol. The number of benzene rings is 1. The van der Waals surface area contributed by atoms with Gasteiger partial charge in [0.1, 0.15) is 12.4 Å². The van der Waals surface area contributed by atoms with Gasteiger partial charge >= 0.3 is 0 Å². The number of aryl methyl sites for hydroxylation is 2. The highest BCUT2D eigenvalue weighted by Gasteiger charge is 2.10. The molecule has 2 rings (SSSR count). The molecule has 1 heterocycles. The van der Waals surface area contributed by atoms with Crippen LogP contribution < -0.4 is 15.4 Å². The lowest BCUT2D eigenvalue weighted by atomic mass is 10.1. The Morgan fingerprint density at radius 3 is 2.33 bits per heavy atom. The van der Waals surface area contributed by atoms with Crippen LogP contribution in [0.1, 0.15) is 17.0 Å². The molecule has 0 atom stereocenters. The normalized spacial score (nSPS) is 11.1. The lowest BCUT2D eigenvalue weighted by Gasteiger charge is -2.13. The third-order valence-corrected chi connectivity index (χ3v) is 4.46. The quantitative estimate of drug-likeness (QED) is 0.229. The number of aliphatic imine (C=N–C) groups is 1. The third kappa shape index (κ3) is 7.21. The molecule has 1 aromatic heterocycles. The number of hydrogen-bond acceptors (Lipinski definition) is 4. The fourth-order valence-corrected chi connectivity index (χ4v) is 3.30. The van der Waals surface area contributed by atoms with E-state index < -0.39 is 0 Å². The standard InChI is InChI=1S/C17H21Cl3N4O2.HI/c1-10-13(11(2)26-24-10)4-5-22-17(21-3)23-6-7-25-16-14(19)8-12(18)9-15(16)20;/h8-9H,4-7H2,1-3H3,(H2,21,22,23);1H. The van der Waals surface area contributed by atoms with Crippen LogP contribution in [0.25, 0.3) is 0 Å². The minimum Gasteiger partial charge on any atom is -0.489 e. The molecule has 2 N–H and O–H groups in total. The maximum atomic E-state index is 6.08. The van der Waals surface area contributed by atoms with Crippen LogP contribution in [0.5, 0.6) is 5.75 Å². The number of hydrogen-bond donors (Lipinski definition) is 2. The second-order valence-corrected chi connectivity index (χ2v) is 6.78. The van der Waals surface area contributed by atoms with Crippen LogP contribution in [-0.4, -0.2) is 37.9 Å². The van der Waals surface area contributed by atoms with Crippen molar-refractivity contribution >= 4 is 64.7 Å². The predicted molar refractivity (Wildman–Crippen MR) is 121 cm³/mol. The van der Waals surface area contributed by atoms with Crippen LogP contribution in [0.4, 0.5) is 0 Å². The van der Waals surface area contributed by atoms with E-state index in [9.17, 15) is 0 Å². The molecule has 0 aliphatic heterocycles. The van der Waals surface area contributed by atoms with Crippen LogP contribution >= 0.6 is 58.8 Å². The number of nitrogens with zero attached hydrogens (tertiary/aromatic N) is 2. The van der Waals surface area contributed by atoms with Crippen molar-refractivity contribution in [3.63, 3.8) is 0 Å². The summed E-state index contributed by atoms with van der Waals surface area (Å²) in [5.74, 6) is 1.94. The molecule has 0 radical (unpaired) electrons. The van der Waals surface area contributed by atoms with E-state index in [4.69, 9.17) is 44.1 Å². The van der Waals surface area contributed by atoms with Gasteiger partial charge in [0, 0.05) is 24.2 Å². The van der Waals surface area contributed by atoms with Gasteiger partial charge in [-0.3, -0.25) is 4.99 Å². The maximum Gasteiger partial charge on any atom is 0.191 e. The summed E-state index contributed by atoms with van der Waals surface area (Å²) in [5.41, 5.74) is 2.03. The van der Waals surface area contributed by atoms with Crippen molar-refractivity contribution < 1.29 is 9.26 Å². The summed E-state index contributed by atoms with van der Waals surface area (Å²) in [6.07, 6.45) is 0.800. The smallest absolute Gasteiger partial charge is 0.191 e. The Bertz CT molecular complexity index is 741. The molecule has 0 spiro atoms. The number of rotatable bonds is 7. The second-order valence-electron chi connectivity index (χ2n) is 5.53. The predicted octanol–water partition coefficient (Wildman–Crippen LogP) is 4.66. The topological polar surface area (TPSA) is 71.7 Å². The first-order chi connectivity index (χ1) is 12.4. The number of ether oxygens (including phenoxy) is 1. The molecule has 0 saturated heterocycles. The van der Waals surface area contributed by atoms with Crippen molar-refractivity contribution in [3.05, 3.63) is 44.2 Å². The molecular weight excluding hydrogens is 525 g/mol. The Morgan fingerprint density at radius 1 is 1.15 bits per heavy atom. The van der Waals surface area contributed by atoms with E-state index >= 15 is 0 Å². The molecule has 0 aliphatic carbocycles. The van der Waals surface area contributed by atoms with Crippen LogP contribution in [0, 0.1) is 13.8 Å². The monoisotopic (exact) mass is 546 g/mol. The molecule has 1 aromatic carbocycles. The summed E-state index contributed by atoms with van der Waals surface area (Å²) in [4.78, 5) is 4.17. The molecule has 2 aromatic rings. The van der Waals surface area contributed by atoms with Crippen molar-refractivity contribution in [1.82, 2.24) is 15.8 Å². The lowest BCUT2D eigenvalue weighted by Crippen LogP contribution is -2.40. The molecule has 27 heavy (non-hydrogen) atoms. The third-order valence-electron chi connectivity index (χ3n) is 3.68.